The smallest absolute Gasteiger partial charge is 0.326 e. The van der Waals surface area contributed by atoms with Crippen molar-refractivity contribution in [3.8, 4) is 0 Å². The average Bonchev–Trinajstić information content (AvgIpc) is 3.81. The molecule has 0 aliphatic heterocycles. The van der Waals surface area contributed by atoms with Gasteiger partial charge in [0.2, 0.25) is 53.2 Å². The molecule has 27 nitrogen and oxygen atoms in total. The number of H-pyrrole nitrogens is 1. The van der Waals surface area contributed by atoms with Gasteiger partial charge in [-0.05, 0) is 50.5 Å². The molecule has 2 rings (SSSR count). The Bertz CT molecular complexity index is 2190. The largest absolute Gasteiger partial charge is 0.480 e. The number of nitrogens with zero attached hydrogens (tertiary/aromatic N) is 2. The number of guanidine groups is 1. The normalized spacial score (nSPS) is 14.8. The Balaban J connectivity index is 2.29. The molecule has 72 heavy (non-hydrogen) atoms. The highest BCUT2D eigenvalue weighted by atomic mass is 16.4. The maximum absolute atomic E-state index is 14.2. The van der Waals surface area contributed by atoms with Gasteiger partial charge in [-0.25, -0.2) is 9.78 Å². The summed E-state index contributed by atoms with van der Waals surface area (Å²) in [5.74, 6) is -10.5. The quantitative estimate of drug-likeness (QED) is 0.0191. The maximum Gasteiger partial charge on any atom is 0.326 e. The van der Waals surface area contributed by atoms with Gasteiger partial charge in [0.1, 0.15) is 42.3 Å². The molecule has 9 amide bonds. The van der Waals surface area contributed by atoms with Crippen molar-refractivity contribution < 1.29 is 58.2 Å². The van der Waals surface area contributed by atoms with Crippen molar-refractivity contribution >= 4 is 65.1 Å². The van der Waals surface area contributed by atoms with Gasteiger partial charge in [0.15, 0.2) is 5.96 Å². The van der Waals surface area contributed by atoms with E-state index in [1.807, 2.05) is 13.8 Å². The van der Waals surface area contributed by atoms with E-state index < -0.39 is 132 Å². The summed E-state index contributed by atoms with van der Waals surface area (Å²) in [6, 6.07) is -2.63. The van der Waals surface area contributed by atoms with E-state index in [4.69, 9.17) is 22.9 Å². The van der Waals surface area contributed by atoms with Gasteiger partial charge in [-0.15, -0.1) is 0 Å². The standard InChI is InChI=1S/C45H71N15O12/c1-22(2)15-30(56-38(65)28(46)17-27-19-50-21-53-27)40(67)57-31(16-26-11-8-7-9-12-26)41(68)58-32(18-33(47)62)42(69)55-29(13-10-14-51-45(48)49)39(66)54-24(5)37(64)52-20-34(63)59-36(25(6)61)43(70)60-35(23(3)4)44(71)72/h7-9,11-12,19,21-25,28-32,35-36,61H,10,13-18,20,46H2,1-6H3,(H2,47,62)(H,50,53)(H,52,64)(H,54,66)(H,55,69)(H,56,65)(H,57,67)(H,58,68)(H,59,63)(H,60,70)(H,71,72)(H4,48,49,51)/t24-,25+,28-,29-,30-,31-,32-,35-,36-/m0/s1. The molecule has 0 unspecified atom stereocenters. The highest BCUT2D eigenvalue weighted by Gasteiger charge is 2.35. The molecule has 0 fully saturated rings. The number of aromatic nitrogens is 2. The Hall–Kier alpha value is -7.68. The van der Waals surface area contributed by atoms with Crippen LogP contribution in [0, 0.1) is 11.8 Å². The van der Waals surface area contributed by atoms with E-state index in [0.717, 1.165) is 0 Å². The lowest BCUT2D eigenvalue weighted by atomic mass is 10.00. The first-order valence-electron chi connectivity index (χ1n) is 23.2. The number of imidazole rings is 1. The summed E-state index contributed by atoms with van der Waals surface area (Å²) in [7, 11) is 0. The number of nitrogens with one attached hydrogen (secondary N) is 9. The lowest BCUT2D eigenvalue weighted by Gasteiger charge is -2.27. The van der Waals surface area contributed by atoms with E-state index in [0.29, 0.717) is 11.3 Å². The summed E-state index contributed by atoms with van der Waals surface area (Å²) in [6.07, 6.45) is 0.712. The molecule has 0 saturated carbocycles. The van der Waals surface area contributed by atoms with Gasteiger partial charge in [0.25, 0.3) is 0 Å². The summed E-state index contributed by atoms with van der Waals surface area (Å²) in [5, 5.41) is 39.0. The van der Waals surface area contributed by atoms with Gasteiger partial charge < -0.3 is 80.7 Å². The Morgan fingerprint density at radius 1 is 0.681 bits per heavy atom. The van der Waals surface area contributed by atoms with Crippen LogP contribution in [0.1, 0.15) is 78.5 Å². The Morgan fingerprint density at radius 3 is 1.82 bits per heavy atom. The van der Waals surface area contributed by atoms with E-state index in [-0.39, 0.29) is 50.5 Å². The molecule has 0 aliphatic rings. The second kappa shape index (κ2) is 30.1. The number of hydrogen-bond donors (Lipinski definition) is 15. The van der Waals surface area contributed by atoms with Crippen LogP contribution in [0.5, 0.6) is 0 Å². The van der Waals surface area contributed by atoms with E-state index in [1.165, 1.54) is 26.4 Å². The fourth-order valence-electron chi connectivity index (χ4n) is 6.85. The van der Waals surface area contributed by atoms with Gasteiger partial charge >= 0.3 is 5.97 Å². The van der Waals surface area contributed by atoms with Crippen molar-refractivity contribution in [1.29, 1.82) is 0 Å². The molecule has 2 aromatic rings. The van der Waals surface area contributed by atoms with Crippen LogP contribution in [0.2, 0.25) is 0 Å². The number of carbonyl (C=O) groups is 10. The van der Waals surface area contributed by atoms with Crippen LogP contribution in [-0.2, 0) is 60.8 Å². The molecule has 0 saturated heterocycles. The monoisotopic (exact) mass is 1010 g/mol. The Kier molecular flexibility index (Phi) is 25.3. The zero-order valence-corrected chi connectivity index (χ0v) is 41.2. The number of hydrogen-bond acceptors (Lipinski definition) is 14. The summed E-state index contributed by atoms with van der Waals surface area (Å²) < 4.78 is 0. The van der Waals surface area contributed by atoms with E-state index >= 15 is 0 Å². The number of aliphatic imine (C=N–C) groups is 1. The summed E-state index contributed by atoms with van der Waals surface area (Å²) in [6.45, 7) is 8.39. The van der Waals surface area contributed by atoms with Gasteiger partial charge in [-0.3, -0.25) is 48.1 Å². The average molecular weight is 1010 g/mol. The van der Waals surface area contributed by atoms with Crippen LogP contribution in [-0.4, -0.2) is 153 Å². The van der Waals surface area contributed by atoms with Gasteiger partial charge in [0, 0.05) is 31.3 Å². The number of aliphatic hydroxyl groups excluding tert-OH is 1. The Morgan fingerprint density at radius 2 is 1.26 bits per heavy atom. The van der Waals surface area contributed by atoms with E-state index in [9.17, 15) is 58.2 Å². The molecule has 0 bridgehead atoms. The van der Waals surface area contributed by atoms with Gasteiger partial charge in [0.05, 0.1) is 31.4 Å². The summed E-state index contributed by atoms with van der Waals surface area (Å²) in [4.78, 5) is 142. The van der Waals surface area contributed by atoms with E-state index in [2.05, 4.69) is 57.5 Å². The number of primary amides is 1. The van der Waals surface area contributed by atoms with Crippen molar-refractivity contribution in [3.05, 3.63) is 54.1 Å². The SMILES string of the molecule is CC(C)C[C@H](NC(=O)[C@@H](N)Cc1cnc[nH]1)C(=O)N[C@@H](Cc1ccccc1)C(=O)N[C@@H](CC(N)=O)C(=O)N[C@@H](CCCN=C(N)N)C(=O)N[C@@H](C)C(=O)NCC(=O)N[C@H](C(=O)N[C@H](C(=O)O)C(C)C)[C@@H](C)O. The lowest BCUT2D eigenvalue weighted by molar-refractivity contribution is -0.144. The number of rotatable bonds is 31. The second-order valence-corrected chi connectivity index (χ2v) is 17.9. The first kappa shape index (κ1) is 60.4. The number of aliphatic hydroxyl groups is 1. The first-order valence-corrected chi connectivity index (χ1v) is 23.2. The molecule has 27 heteroatoms. The number of nitrogens with two attached hydrogens (primary N) is 4. The van der Waals surface area contributed by atoms with Crippen molar-refractivity contribution in [3.63, 3.8) is 0 Å². The minimum absolute atomic E-state index is 0.0101. The molecule has 0 aliphatic carbocycles. The molecule has 19 N–H and O–H groups in total. The Labute approximate surface area is 416 Å². The van der Waals surface area contributed by atoms with E-state index in [1.54, 1.807) is 44.2 Å². The number of carboxylic acids is 1. The van der Waals surface area contributed by atoms with Crippen LogP contribution in [0.25, 0.3) is 0 Å². The van der Waals surface area contributed by atoms with Crippen molar-refractivity contribution in [2.45, 2.75) is 135 Å². The van der Waals surface area contributed by atoms with Crippen LogP contribution in [0.3, 0.4) is 0 Å². The molecule has 0 spiro atoms. The number of aliphatic carboxylic acids is 1. The molecular weight excluding hydrogens is 943 g/mol. The van der Waals surface area contributed by atoms with Crippen molar-refractivity contribution in [2.75, 3.05) is 13.1 Å². The fraction of sp³-hybridized carbons (Fsp3) is 0.556. The van der Waals surface area contributed by atoms with Gasteiger partial charge in [-0.2, -0.15) is 0 Å². The predicted octanol–water partition coefficient (Wildman–Crippen LogP) is -4.85. The van der Waals surface area contributed by atoms with Crippen LogP contribution in [0.4, 0.5) is 0 Å². The molecule has 9 atom stereocenters. The van der Waals surface area contributed by atoms with Crippen molar-refractivity contribution in [2.24, 2.45) is 39.8 Å². The molecule has 1 aromatic heterocycles. The lowest BCUT2D eigenvalue weighted by Crippen LogP contribution is -2.60. The number of aromatic amines is 1. The molecule has 1 heterocycles. The minimum Gasteiger partial charge on any atom is -0.480 e. The van der Waals surface area contributed by atoms with Gasteiger partial charge in [-0.1, -0.05) is 58.0 Å². The molecular formula is C45H71N15O12. The second-order valence-electron chi connectivity index (χ2n) is 17.9. The molecule has 0 radical (unpaired) electrons. The highest BCUT2D eigenvalue weighted by Crippen LogP contribution is 2.11. The number of benzene rings is 1. The maximum atomic E-state index is 14.2. The predicted molar refractivity (Wildman–Crippen MR) is 260 cm³/mol. The number of carbonyl (C=O) groups excluding carboxylic acids is 9. The topological polar surface area (TPSA) is 453 Å². The summed E-state index contributed by atoms with van der Waals surface area (Å²) >= 11 is 0. The minimum atomic E-state index is -1.73. The zero-order valence-electron chi connectivity index (χ0n) is 41.2. The summed E-state index contributed by atoms with van der Waals surface area (Å²) in [5.41, 5.74) is 23.7. The first-order chi connectivity index (χ1) is 33.8. The third-order valence-electron chi connectivity index (χ3n) is 10.7. The van der Waals surface area contributed by atoms with Crippen LogP contribution >= 0.6 is 0 Å². The van der Waals surface area contributed by atoms with Crippen molar-refractivity contribution in [1.82, 2.24) is 52.5 Å². The highest BCUT2D eigenvalue weighted by molar-refractivity contribution is 5.98. The fourth-order valence-corrected chi connectivity index (χ4v) is 6.85. The zero-order chi connectivity index (χ0) is 54.2. The third kappa shape index (κ3) is 22.0. The van der Waals surface area contributed by atoms with Crippen LogP contribution in [0.15, 0.2) is 47.8 Å². The molecule has 1 aromatic carbocycles. The third-order valence-corrected chi connectivity index (χ3v) is 10.7. The van der Waals surface area contributed by atoms with Crippen LogP contribution < -0.4 is 65.5 Å². The molecule has 398 valence electrons. The number of amides is 9. The number of carboxylic acid groups (broad SMARTS) is 1.